The van der Waals surface area contributed by atoms with Crippen molar-refractivity contribution in [2.75, 3.05) is 25.1 Å². The fourth-order valence-electron chi connectivity index (χ4n) is 4.40. The van der Waals surface area contributed by atoms with E-state index in [0.717, 1.165) is 27.4 Å². The Hall–Kier alpha value is -4.05. The van der Waals surface area contributed by atoms with Crippen LogP contribution in [0.25, 0.3) is 0 Å². The highest BCUT2D eigenvalue weighted by atomic mass is 32.2. The van der Waals surface area contributed by atoms with Crippen molar-refractivity contribution in [2.45, 2.75) is 64.6 Å². The van der Waals surface area contributed by atoms with Crippen molar-refractivity contribution < 1.29 is 27.5 Å². The highest BCUT2D eigenvalue weighted by Crippen LogP contribution is 2.36. The van der Waals surface area contributed by atoms with E-state index in [0.29, 0.717) is 5.75 Å². The van der Waals surface area contributed by atoms with Gasteiger partial charge < -0.3 is 19.7 Å². The molecule has 0 saturated heterocycles. The van der Waals surface area contributed by atoms with Crippen LogP contribution in [0.2, 0.25) is 0 Å². The van der Waals surface area contributed by atoms with Crippen molar-refractivity contribution in [3.8, 4) is 11.5 Å². The minimum absolute atomic E-state index is 0.0126. The van der Waals surface area contributed by atoms with Crippen LogP contribution in [0.4, 0.5) is 5.69 Å². The maximum atomic E-state index is 14.2. The Bertz CT molecular complexity index is 1490. The first-order valence-electron chi connectivity index (χ1n) is 13.9. The number of nitrogens with zero attached hydrogens (tertiary/aromatic N) is 2. The molecule has 0 bridgehead atoms. The summed E-state index contributed by atoms with van der Waals surface area (Å²) in [6.45, 7) is 8.84. The van der Waals surface area contributed by atoms with E-state index in [-0.39, 0.29) is 34.8 Å². The topological polar surface area (TPSA) is 105 Å². The molecule has 0 aliphatic heterocycles. The molecule has 1 N–H and O–H groups in total. The average molecular weight is 596 g/mol. The van der Waals surface area contributed by atoms with E-state index in [2.05, 4.69) is 5.32 Å². The standard InChI is InChI=1S/C32H41N3O6S/c1-8-24(4)33-32(37)25(5)34(20-26-11-9-10-23(3)18-26)31(36)21-35(29-19-27(40-6)14-17-30(29)41-7)42(38,39)28-15-12-22(2)13-16-28/h9-19,24-25H,8,20-21H2,1-7H3,(H,33,37)/t24-,25+/m1/s1. The summed E-state index contributed by atoms with van der Waals surface area (Å²) >= 11 is 0. The van der Waals surface area contributed by atoms with Crippen LogP contribution in [0.1, 0.15) is 43.9 Å². The van der Waals surface area contributed by atoms with Crippen LogP contribution in [-0.4, -0.2) is 58.0 Å². The molecule has 3 aromatic rings. The van der Waals surface area contributed by atoms with Gasteiger partial charge in [-0.1, -0.05) is 54.4 Å². The molecule has 226 valence electrons. The Labute approximate surface area is 249 Å². The lowest BCUT2D eigenvalue weighted by atomic mass is 10.1. The van der Waals surface area contributed by atoms with E-state index in [1.54, 1.807) is 31.2 Å². The summed E-state index contributed by atoms with van der Waals surface area (Å²) in [6.07, 6.45) is 0.725. The molecule has 0 aromatic heterocycles. The van der Waals surface area contributed by atoms with Crippen LogP contribution in [0.15, 0.2) is 71.6 Å². The van der Waals surface area contributed by atoms with Gasteiger partial charge >= 0.3 is 0 Å². The third kappa shape index (κ3) is 7.82. The number of anilines is 1. The summed E-state index contributed by atoms with van der Waals surface area (Å²) in [5.74, 6) is -0.242. The molecular weight excluding hydrogens is 554 g/mol. The first-order chi connectivity index (χ1) is 19.9. The number of methoxy groups -OCH3 is 2. The summed E-state index contributed by atoms with van der Waals surface area (Å²) in [5, 5.41) is 2.94. The van der Waals surface area contributed by atoms with Crippen LogP contribution >= 0.6 is 0 Å². The molecule has 9 nitrogen and oxygen atoms in total. The third-order valence-corrected chi connectivity index (χ3v) is 8.92. The van der Waals surface area contributed by atoms with Gasteiger partial charge in [-0.25, -0.2) is 8.42 Å². The van der Waals surface area contributed by atoms with Gasteiger partial charge in [0.25, 0.3) is 10.0 Å². The lowest BCUT2D eigenvalue weighted by Gasteiger charge is -2.33. The average Bonchev–Trinajstić information content (AvgIpc) is 2.97. The molecule has 10 heteroatoms. The summed E-state index contributed by atoms with van der Waals surface area (Å²) in [5.41, 5.74) is 2.85. The maximum Gasteiger partial charge on any atom is 0.264 e. The number of sulfonamides is 1. The fraction of sp³-hybridized carbons (Fsp3) is 0.375. The first kappa shape index (κ1) is 32.5. The SMILES string of the molecule is CC[C@@H](C)NC(=O)[C@H](C)N(Cc1cccc(C)c1)C(=O)CN(c1cc(OC)ccc1OC)S(=O)(=O)c1ccc(C)cc1. The number of hydrogen-bond donors (Lipinski definition) is 1. The zero-order valence-electron chi connectivity index (χ0n) is 25.4. The smallest absolute Gasteiger partial charge is 0.264 e. The Morgan fingerprint density at radius 1 is 0.905 bits per heavy atom. The van der Waals surface area contributed by atoms with Gasteiger partial charge in [0, 0.05) is 18.7 Å². The highest BCUT2D eigenvalue weighted by molar-refractivity contribution is 7.92. The largest absolute Gasteiger partial charge is 0.497 e. The molecule has 0 aliphatic rings. The van der Waals surface area contributed by atoms with Crippen molar-refractivity contribution in [1.82, 2.24) is 10.2 Å². The second kappa shape index (κ2) is 14.2. The quantitative estimate of drug-likeness (QED) is 0.303. The van der Waals surface area contributed by atoms with Gasteiger partial charge in [0.2, 0.25) is 11.8 Å². The number of nitrogens with one attached hydrogen (secondary N) is 1. The number of hydrogen-bond acceptors (Lipinski definition) is 6. The summed E-state index contributed by atoms with van der Waals surface area (Å²) < 4.78 is 40.2. The molecule has 0 radical (unpaired) electrons. The number of amides is 2. The van der Waals surface area contributed by atoms with E-state index < -0.39 is 28.5 Å². The molecule has 3 aromatic carbocycles. The van der Waals surface area contributed by atoms with Crippen molar-refractivity contribution in [1.29, 1.82) is 0 Å². The normalized spacial score (nSPS) is 12.6. The van der Waals surface area contributed by atoms with Crippen LogP contribution in [-0.2, 0) is 26.2 Å². The molecule has 42 heavy (non-hydrogen) atoms. The first-order valence-corrected chi connectivity index (χ1v) is 15.3. The van der Waals surface area contributed by atoms with E-state index in [4.69, 9.17) is 9.47 Å². The predicted octanol–water partition coefficient (Wildman–Crippen LogP) is 4.85. The summed E-state index contributed by atoms with van der Waals surface area (Å²) in [6, 6.07) is 17.8. The molecule has 0 unspecified atom stereocenters. The Balaban J connectivity index is 2.12. The fourth-order valence-corrected chi connectivity index (χ4v) is 5.81. The van der Waals surface area contributed by atoms with Crippen LogP contribution in [0, 0.1) is 13.8 Å². The summed E-state index contributed by atoms with van der Waals surface area (Å²) in [4.78, 5) is 28.8. The van der Waals surface area contributed by atoms with E-state index in [1.165, 1.54) is 37.3 Å². The van der Waals surface area contributed by atoms with Gasteiger partial charge in [0.05, 0.1) is 24.8 Å². The van der Waals surface area contributed by atoms with Crippen LogP contribution < -0.4 is 19.1 Å². The second-order valence-corrected chi connectivity index (χ2v) is 12.2. The third-order valence-electron chi connectivity index (χ3n) is 7.15. The van der Waals surface area contributed by atoms with Gasteiger partial charge in [0.15, 0.2) is 0 Å². The molecule has 3 rings (SSSR count). The number of ether oxygens (including phenoxy) is 2. The number of carbonyl (C=O) groups is 2. The van der Waals surface area contributed by atoms with E-state index in [9.17, 15) is 18.0 Å². The van der Waals surface area contributed by atoms with Gasteiger partial charge in [-0.15, -0.1) is 0 Å². The van der Waals surface area contributed by atoms with Gasteiger partial charge in [-0.05, 0) is 63.9 Å². The summed E-state index contributed by atoms with van der Waals surface area (Å²) in [7, 11) is -1.36. The lowest BCUT2D eigenvalue weighted by molar-refractivity contribution is -0.139. The number of rotatable bonds is 13. The van der Waals surface area contributed by atoms with Crippen LogP contribution in [0.3, 0.4) is 0 Å². The Morgan fingerprint density at radius 3 is 2.19 bits per heavy atom. The number of benzene rings is 3. The maximum absolute atomic E-state index is 14.2. The van der Waals surface area contributed by atoms with Gasteiger partial charge in [-0.2, -0.15) is 0 Å². The number of carbonyl (C=O) groups excluding carboxylic acids is 2. The van der Waals surface area contributed by atoms with Crippen molar-refractivity contribution >= 4 is 27.5 Å². The molecule has 2 atom stereocenters. The van der Waals surface area contributed by atoms with Gasteiger partial charge in [-0.3, -0.25) is 13.9 Å². The van der Waals surface area contributed by atoms with Crippen LogP contribution in [0.5, 0.6) is 11.5 Å². The van der Waals surface area contributed by atoms with E-state index in [1.807, 2.05) is 52.0 Å². The Kier molecular flexibility index (Phi) is 11.0. The highest BCUT2D eigenvalue weighted by Gasteiger charge is 2.34. The van der Waals surface area contributed by atoms with Crippen molar-refractivity contribution in [2.24, 2.45) is 0 Å². The molecular formula is C32H41N3O6S. The zero-order chi connectivity index (χ0) is 31.0. The minimum atomic E-state index is -4.26. The molecule has 2 amide bonds. The number of aryl methyl sites for hydroxylation is 2. The van der Waals surface area contributed by atoms with Gasteiger partial charge in [0.1, 0.15) is 24.1 Å². The molecule has 0 saturated carbocycles. The lowest BCUT2D eigenvalue weighted by Crippen LogP contribution is -2.52. The molecule has 0 aliphatic carbocycles. The minimum Gasteiger partial charge on any atom is -0.497 e. The molecule has 0 heterocycles. The molecule has 0 fully saturated rings. The van der Waals surface area contributed by atoms with Crippen molar-refractivity contribution in [3.63, 3.8) is 0 Å². The van der Waals surface area contributed by atoms with E-state index >= 15 is 0 Å². The zero-order valence-corrected chi connectivity index (χ0v) is 26.2. The monoisotopic (exact) mass is 595 g/mol. The Morgan fingerprint density at radius 2 is 1.60 bits per heavy atom. The van der Waals surface area contributed by atoms with Crippen molar-refractivity contribution in [3.05, 3.63) is 83.4 Å². The molecule has 0 spiro atoms. The second-order valence-electron chi connectivity index (χ2n) is 10.4. The predicted molar refractivity (Wildman–Crippen MR) is 164 cm³/mol.